The Kier molecular flexibility index (Phi) is 4.99. The fraction of sp³-hybridized carbons (Fsp3) is 0.562. The van der Waals surface area contributed by atoms with E-state index in [2.05, 4.69) is 5.32 Å². The first-order valence-corrected chi connectivity index (χ1v) is 7.44. The topological polar surface area (TPSA) is 55.1 Å². The van der Waals surface area contributed by atoms with Crippen molar-refractivity contribution in [3.63, 3.8) is 0 Å². The van der Waals surface area contributed by atoms with Crippen LogP contribution in [0.4, 0.5) is 10.1 Å². The molecule has 1 aromatic carbocycles. The zero-order chi connectivity index (χ0) is 14.5. The van der Waals surface area contributed by atoms with Crippen molar-refractivity contribution in [3.05, 3.63) is 29.6 Å². The van der Waals surface area contributed by atoms with E-state index in [0.717, 1.165) is 12.8 Å². The van der Waals surface area contributed by atoms with E-state index in [4.69, 9.17) is 5.73 Å². The first kappa shape index (κ1) is 14.8. The summed E-state index contributed by atoms with van der Waals surface area (Å²) in [6, 6.07) is 4.44. The Labute approximate surface area is 119 Å². The fourth-order valence-electron chi connectivity index (χ4n) is 2.95. The molecule has 0 spiro atoms. The Morgan fingerprint density at radius 3 is 2.60 bits per heavy atom. The molecule has 1 atom stereocenters. The highest BCUT2D eigenvalue weighted by molar-refractivity contribution is 5.99. The molecule has 3 nitrogen and oxygen atoms in total. The highest BCUT2D eigenvalue weighted by Crippen LogP contribution is 2.26. The van der Waals surface area contributed by atoms with E-state index < -0.39 is 5.82 Å². The molecule has 1 aliphatic rings. The van der Waals surface area contributed by atoms with Crippen LogP contribution in [0, 0.1) is 11.7 Å². The lowest BCUT2D eigenvalue weighted by molar-refractivity contribution is 0.0924. The SMILES string of the molecule is C[C@H](NC(=O)c1cccc(F)c1N)C1CCCCCC1. The number of hydrogen-bond donors (Lipinski definition) is 2. The van der Waals surface area contributed by atoms with Crippen LogP contribution in [0.15, 0.2) is 18.2 Å². The number of anilines is 1. The molecule has 0 aromatic heterocycles. The zero-order valence-electron chi connectivity index (χ0n) is 12.0. The third kappa shape index (κ3) is 3.50. The number of nitrogens with two attached hydrogens (primary N) is 1. The third-order valence-corrected chi connectivity index (χ3v) is 4.26. The van der Waals surface area contributed by atoms with Crippen LogP contribution in [-0.2, 0) is 0 Å². The molecule has 0 bridgehead atoms. The summed E-state index contributed by atoms with van der Waals surface area (Å²) in [4.78, 5) is 12.2. The minimum atomic E-state index is -0.542. The molecule has 20 heavy (non-hydrogen) atoms. The maximum atomic E-state index is 13.4. The molecule has 1 saturated carbocycles. The van der Waals surface area contributed by atoms with Gasteiger partial charge in [0.15, 0.2) is 0 Å². The van der Waals surface area contributed by atoms with Gasteiger partial charge in [-0.15, -0.1) is 0 Å². The summed E-state index contributed by atoms with van der Waals surface area (Å²) < 4.78 is 13.4. The lowest BCUT2D eigenvalue weighted by Crippen LogP contribution is -2.38. The van der Waals surface area contributed by atoms with E-state index in [-0.39, 0.29) is 23.2 Å². The second-order valence-corrected chi connectivity index (χ2v) is 5.71. The highest BCUT2D eigenvalue weighted by atomic mass is 19.1. The number of para-hydroxylation sites is 1. The monoisotopic (exact) mass is 278 g/mol. The van der Waals surface area contributed by atoms with E-state index >= 15 is 0 Å². The smallest absolute Gasteiger partial charge is 0.253 e. The highest BCUT2D eigenvalue weighted by Gasteiger charge is 2.22. The minimum Gasteiger partial charge on any atom is -0.396 e. The molecule has 1 amide bonds. The van der Waals surface area contributed by atoms with Crippen molar-refractivity contribution < 1.29 is 9.18 Å². The Morgan fingerprint density at radius 2 is 1.95 bits per heavy atom. The van der Waals surface area contributed by atoms with Crippen molar-refractivity contribution in [2.24, 2.45) is 5.92 Å². The second-order valence-electron chi connectivity index (χ2n) is 5.71. The van der Waals surface area contributed by atoms with Gasteiger partial charge in [-0.2, -0.15) is 0 Å². The molecule has 110 valence electrons. The van der Waals surface area contributed by atoms with Crippen LogP contribution >= 0.6 is 0 Å². The molecule has 2 rings (SSSR count). The predicted molar refractivity (Wildman–Crippen MR) is 78.9 cm³/mol. The van der Waals surface area contributed by atoms with Crippen LogP contribution < -0.4 is 11.1 Å². The van der Waals surface area contributed by atoms with Crippen molar-refractivity contribution in [3.8, 4) is 0 Å². The minimum absolute atomic E-state index is 0.0712. The summed E-state index contributed by atoms with van der Waals surface area (Å²) in [7, 11) is 0. The summed E-state index contributed by atoms with van der Waals surface area (Å²) in [6.45, 7) is 2.03. The Morgan fingerprint density at radius 1 is 1.30 bits per heavy atom. The standard InChI is InChI=1S/C16H23FN2O/c1-11(12-7-4-2-3-5-8-12)19-16(20)13-9-6-10-14(17)15(13)18/h6,9-12H,2-5,7-8,18H2,1H3,(H,19,20)/t11-/m0/s1. The Bertz CT molecular complexity index is 468. The van der Waals surface area contributed by atoms with Crippen molar-refractivity contribution in [2.45, 2.75) is 51.5 Å². The van der Waals surface area contributed by atoms with Gasteiger partial charge in [-0.05, 0) is 37.8 Å². The van der Waals surface area contributed by atoms with Crippen LogP contribution in [0.5, 0.6) is 0 Å². The van der Waals surface area contributed by atoms with Crippen LogP contribution in [-0.4, -0.2) is 11.9 Å². The van der Waals surface area contributed by atoms with Crippen LogP contribution in [0.3, 0.4) is 0 Å². The fourth-order valence-corrected chi connectivity index (χ4v) is 2.95. The number of nitrogen functional groups attached to an aromatic ring is 1. The van der Waals surface area contributed by atoms with Crippen LogP contribution in [0.25, 0.3) is 0 Å². The van der Waals surface area contributed by atoms with Gasteiger partial charge < -0.3 is 11.1 Å². The Hall–Kier alpha value is -1.58. The molecular formula is C16H23FN2O. The number of halogens is 1. The second kappa shape index (κ2) is 6.73. The number of hydrogen-bond acceptors (Lipinski definition) is 2. The first-order chi connectivity index (χ1) is 9.59. The van der Waals surface area contributed by atoms with Gasteiger partial charge in [0, 0.05) is 6.04 Å². The van der Waals surface area contributed by atoms with Crippen molar-refractivity contribution in [2.75, 3.05) is 5.73 Å². The molecule has 4 heteroatoms. The largest absolute Gasteiger partial charge is 0.396 e. The first-order valence-electron chi connectivity index (χ1n) is 7.44. The summed E-state index contributed by atoms with van der Waals surface area (Å²) in [5.41, 5.74) is 5.78. The number of rotatable bonds is 3. The lowest BCUT2D eigenvalue weighted by Gasteiger charge is -2.23. The molecule has 3 N–H and O–H groups in total. The number of amides is 1. The maximum absolute atomic E-state index is 13.4. The van der Waals surface area contributed by atoms with Crippen LogP contribution in [0.1, 0.15) is 55.8 Å². The number of nitrogens with one attached hydrogen (secondary N) is 1. The molecular weight excluding hydrogens is 255 g/mol. The van der Waals surface area contributed by atoms with Crippen molar-refractivity contribution in [1.29, 1.82) is 0 Å². The lowest BCUT2D eigenvalue weighted by atomic mass is 9.93. The summed E-state index contributed by atoms with van der Waals surface area (Å²) in [6.07, 6.45) is 7.34. The summed E-state index contributed by atoms with van der Waals surface area (Å²) >= 11 is 0. The molecule has 1 fully saturated rings. The van der Waals surface area contributed by atoms with Gasteiger partial charge in [-0.1, -0.05) is 31.7 Å². The molecule has 1 aliphatic carbocycles. The normalized spacial score (nSPS) is 18.3. The molecule has 0 unspecified atom stereocenters. The van der Waals surface area contributed by atoms with Crippen LogP contribution in [0.2, 0.25) is 0 Å². The van der Waals surface area contributed by atoms with E-state index in [1.54, 1.807) is 6.07 Å². The average molecular weight is 278 g/mol. The Balaban J connectivity index is 2.01. The van der Waals surface area contributed by atoms with Gasteiger partial charge >= 0.3 is 0 Å². The van der Waals surface area contributed by atoms with E-state index in [0.29, 0.717) is 5.92 Å². The number of carbonyl (C=O) groups is 1. The van der Waals surface area contributed by atoms with Gasteiger partial charge in [-0.25, -0.2) is 4.39 Å². The summed E-state index contributed by atoms with van der Waals surface area (Å²) in [5.74, 6) is -0.310. The van der Waals surface area contributed by atoms with E-state index in [1.807, 2.05) is 6.92 Å². The molecule has 0 saturated heterocycles. The van der Waals surface area contributed by atoms with E-state index in [9.17, 15) is 9.18 Å². The van der Waals surface area contributed by atoms with Gasteiger partial charge in [0.05, 0.1) is 11.3 Å². The summed E-state index contributed by atoms with van der Waals surface area (Å²) in [5, 5.41) is 2.98. The zero-order valence-corrected chi connectivity index (χ0v) is 12.0. The average Bonchev–Trinajstić information content (AvgIpc) is 2.70. The predicted octanol–water partition coefficient (Wildman–Crippen LogP) is 3.50. The third-order valence-electron chi connectivity index (χ3n) is 4.26. The maximum Gasteiger partial charge on any atom is 0.253 e. The van der Waals surface area contributed by atoms with Gasteiger partial charge in [0.25, 0.3) is 5.91 Å². The van der Waals surface area contributed by atoms with Gasteiger partial charge in [-0.3, -0.25) is 4.79 Å². The van der Waals surface area contributed by atoms with Crippen molar-refractivity contribution >= 4 is 11.6 Å². The van der Waals surface area contributed by atoms with Gasteiger partial charge in [0.1, 0.15) is 5.82 Å². The molecule has 0 aliphatic heterocycles. The van der Waals surface area contributed by atoms with Gasteiger partial charge in [0.2, 0.25) is 0 Å². The molecule has 0 heterocycles. The van der Waals surface area contributed by atoms with E-state index in [1.165, 1.54) is 37.8 Å². The number of benzene rings is 1. The quantitative estimate of drug-likeness (QED) is 0.657. The molecule has 1 aromatic rings. The number of carbonyl (C=O) groups excluding carboxylic acids is 1. The van der Waals surface area contributed by atoms with Crippen molar-refractivity contribution in [1.82, 2.24) is 5.32 Å². The molecule has 0 radical (unpaired) electrons.